The second kappa shape index (κ2) is 23.7. The summed E-state index contributed by atoms with van der Waals surface area (Å²) >= 11 is 1.86. The van der Waals surface area contributed by atoms with Crippen molar-refractivity contribution in [3.8, 4) is 11.8 Å². The molecule has 0 saturated carbocycles. The van der Waals surface area contributed by atoms with Gasteiger partial charge < -0.3 is 55.5 Å². The molecule has 3 aliphatic heterocycles. The molecule has 62 heavy (non-hydrogen) atoms. The highest BCUT2D eigenvalue weighted by atomic mass is 33.1. The molecule has 30 heteroatoms. The van der Waals surface area contributed by atoms with Gasteiger partial charge in [0.05, 0.1) is 30.4 Å². The first-order valence-corrected chi connectivity index (χ1v) is 29.1. The second-order valence-electron chi connectivity index (χ2n) is 15.5. The predicted octanol–water partition coefficient (Wildman–Crippen LogP) is 4.31. The van der Waals surface area contributed by atoms with Crippen LogP contribution in [0.15, 0.2) is 11.0 Å². The van der Waals surface area contributed by atoms with E-state index in [0.717, 1.165) is 29.6 Å². The van der Waals surface area contributed by atoms with Gasteiger partial charge in [0.1, 0.15) is 36.6 Å². The lowest BCUT2D eigenvalue weighted by atomic mass is 10.0. The lowest BCUT2D eigenvalue weighted by Gasteiger charge is -2.23. The maximum absolute atomic E-state index is 13.0. The Morgan fingerprint density at radius 3 is 2.50 bits per heavy atom. The third-order valence-corrected chi connectivity index (χ3v) is 19.8. The molecule has 22 nitrogen and oxygen atoms in total. The van der Waals surface area contributed by atoms with Crippen LogP contribution in [0.5, 0.6) is 0 Å². The molecule has 4 heterocycles. The summed E-state index contributed by atoms with van der Waals surface area (Å²) in [6.45, 7) is 9.69. The number of aromatic nitrogens is 2. The summed E-state index contributed by atoms with van der Waals surface area (Å²) in [5, 5.41) is 9.31. The Morgan fingerprint density at radius 2 is 1.79 bits per heavy atom. The molecule has 4 rings (SSSR count). The lowest BCUT2D eigenvalue weighted by molar-refractivity contribution is -0.121. The molecule has 3 amide bonds. The van der Waals surface area contributed by atoms with E-state index in [-0.39, 0.29) is 69.8 Å². The zero-order chi connectivity index (χ0) is 45.9. The van der Waals surface area contributed by atoms with E-state index in [1.807, 2.05) is 46.4 Å². The van der Waals surface area contributed by atoms with Gasteiger partial charge in [0, 0.05) is 46.1 Å². The van der Waals surface area contributed by atoms with Gasteiger partial charge in [0.2, 0.25) is 5.91 Å². The first kappa shape index (κ1) is 53.6. The molecule has 3 aliphatic rings. The molecule has 0 radical (unpaired) electrons. The van der Waals surface area contributed by atoms with Crippen molar-refractivity contribution >= 4 is 96.2 Å². The average molecular weight is 1030 g/mol. The summed E-state index contributed by atoms with van der Waals surface area (Å²) in [6.07, 6.45) is 1.29. The largest absolute Gasteiger partial charge is 0.490 e. The first-order chi connectivity index (χ1) is 28.8. The number of carbonyl (C=O) groups excluding carboxylic acids is 2. The van der Waals surface area contributed by atoms with Crippen LogP contribution in [-0.2, 0) is 45.8 Å². The minimum Gasteiger partial charge on any atom is -0.382 e. The van der Waals surface area contributed by atoms with Crippen molar-refractivity contribution < 1.29 is 70.2 Å². The Morgan fingerprint density at radius 1 is 1.06 bits per heavy atom. The number of phosphoric acid groups is 3. The van der Waals surface area contributed by atoms with Crippen LogP contribution >= 0.6 is 78.4 Å². The molecule has 1 aromatic heterocycles. The van der Waals surface area contributed by atoms with Crippen LogP contribution in [-0.4, -0.2) is 117 Å². The first-order valence-electron chi connectivity index (χ1n) is 18.9. The van der Waals surface area contributed by atoms with Crippen LogP contribution in [0, 0.1) is 11.8 Å². The monoisotopic (exact) mass is 1030 g/mol. The number of nitrogens with one attached hydrogen (secondary N) is 3. The topological polar surface area (TPSA) is 319 Å². The lowest BCUT2D eigenvalue weighted by Crippen LogP contribution is -2.37. The summed E-state index contributed by atoms with van der Waals surface area (Å²) in [4.78, 5) is 78.0. The van der Waals surface area contributed by atoms with Crippen molar-refractivity contribution in [2.24, 2.45) is 0 Å². The minimum atomic E-state index is -5.76. The molecule has 0 bridgehead atoms. The van der Waals surface area contributed by atoms with Gasteiger partial charge in [-0.1, -0.05) is 82.2 Å². The van der Waals surface area contributed by atoms with Crippen molar-refractivity contribution in [1.29, 1.82) is 0 Å². The number of nitrogens with two attached hydrogens (primary N) is 1. The second-order valence-corrected chi connectivity index (χ2v) is 27.2. The van der Waals surface area contributed by atoms with Gasteiger partial charge in [-0.05, 0) is 26.7 Å². The molecule has 8 atom stereocenters. The SMILES string of the molecule is CC(C)(C)SSCOC1C[C@H](n2cc(C#CCOCSSC(C)(C)CNC(=O)CCCCC3SCC4NC(=O)NC43)c(N)nc2=O)O[C@@H]1COP(=O)(O)OP(=O)(O)OP(=O)(O)O. The van der Waals surface area contributed by atoms with E-state index in [9.17, 15) is 37.9 Å². The molecule has 352 valence electrons. The van der Waals surface area contributed by atoms with Gasteiger partial charge >= 0.3 is 35.2 Å². The third kappa shape index (κ3) is 19.1. The van der Waals surface area contributed by atoms with Gasteiger partial charge in [-0.25, -0.2) is 23.3 Å². The zero-order valence-electron chi connectivity index (χ0n) is 34.4. The summed E-state index contributed by atoms with van der Waals surface area (Å²) in [5.41, 5.74) is 5.37. The predicted molar refractivity (Wildman–Crippen MR) is 240 cm³/mol. The number of anilines is 1. The molecule has 0 aliphatic carbocycles. The van der Waals surface area contributed by atoms with E-state index in [0.29, 0.717) is 18.2 Å². The Balaban J connectivity index is 1.23. The zero-order valence-corrected chi connectivity index (χ0v) is 41.1. The van der Waals surface area contributed by atoms with Crippen LogP contribution in [0.1, 0.15) is 78.5 Å². The maximum Gasteiger partial charge on any atom is 0.490 e. The van der Waals surface area contributed by atoms with Gasteiger partial charge in [-0.15, -0.1) is 0 Å². The Labute approximate surface area is 379 Å². The Kier molecular flexibility index (Phi) is 20.5. The number of rotatable bonds is 24. The number of hydrogen-bond donors (Lipinski definition) is 8. The van der Waals surface area contributed by atoms with Crippen LogP contribution in [0.4, 0.5) is 10.6 Å². The Hall–Kier alpha value is -0.980. The van der Waals surface area contributed by atoms with Crippen LogP contribution in [0.2, 0.25) is 0 Å². The maximum atomic E-state index is 13.0. The van der Waals surface area contributed by atoms with E-state index in [4.69, 9.17) is 34.3 Å². The smallest absolute Gasteiger partial charge is 0.382 e. The van der Waals surface area contributed by atoms with Crippen LogP contribution < -0.4 is 27.4 Å². The normalized spacial score (nSPS) is 24.6. The number of thioether (sulfide) groups is 1. The minimum absolute atomic E-state index is 0.00308. The van der Waals surface area contributed by atoms with Crippen molar-refractivity contribution in [3.05, 3.63) is 22.2 Å². The molecule has 6 unspecified atom stereocenters. The van der Waals surface area contributed by atoms with Crippen LogP contribution in [0.3, 0.4) is 0 Å². The van der Waals surface area contributed by atoms with E-state index in [1.54, 1.807) is 10.8 Å². The number of urea groups is 1. The van der Waals surface area contributed by atoms with Gasteiger partial charge in [0.25, 0.3) is 0 Å². The molecule has 3 saturated heterocycles. The van der Waals surface area contributed by atoms with Crippen molar-refractivity contribution in [3.63, 3.8) is 0 Å². The molecule has 1 aromatic rings. The summed E-state index contributed by atoms with van der Waals surface area (Å²) in [5.74, 6) is 6.81. The van der Waals surface area contributed by atoms with Crippen LogP contribution in [0.25, 0.3) is 0 Å². The van der Waals surface area contributed by atoms with Gasteiger partial charge in [-0.3, -0.25) is 13.9 Å². The number of hydrogen-bond acceptors (Lipinski definition) is 19. The standard InChI is InChI=1S/C32H53N6O16P3S5/c1-31(2,3)61-60-19-50-22-13-26(52-23(22)15-51-56(45,46)54-57(47,48)53-55(42,43)44)38-14-20(28(33)37-30(38)41)9-8-12-49-18-59-62-32(4,5)17-34-25(39)11-7-6-10-24-27-21(16-58-24)35-29(40)36-27/h14,21-24,26-27H,6-7,10-13,15-19H2,1-5H3,(H,34,39)(H,45,46)(H,47,48)(H2,33,37,41)(H2,35,36,40)(H2,42,43,44)/t21?,22?,23-,24?,26-,27?/m1/s1. The summed E-state index contributed by atoms with van der Waals surface area (Å²) < 4.78 is 65.8. The van der Waals surface area contributed by atoms with Gasteiger partial charge in [-0.2, -0.15) is 25.4 Å². The molecule has 3 fully saturated rings. The molecule has 9 N–H and O–H groups in total. The number of phosphoric ester groups is 1. The number of ether oxygens (including phenoxy) is 3. The van der Waals surface area contributed by atoms with E-state index in [2.05, 4.69) is 41.4 Å². The highest BCUT2D eigenvalue weighted by Gasteiger charge is 2.44. The fourth-order valence-electron chi connectivity index (χ4n) is 5.91. The highest BCUT2D eigenvalue weighted by molar-refractivity contribution is 8.77. The van der Waals surface area contributed by atoms with E-state index >= 15 is 0 Å². The number of unbranched alkanes of at least 4 members (excludes halogenated alkanes) is 1. The number of nitrogen functional groups attached to an aromatic ring is 1. The third-order valence-electron chi connectivity index (χ3n) is 8.53. The number of amides is 3. The molecule has 0 aromatic carbocycles. The fourth-order valence-corrected chi connectivity index (χ4v) is 14.6. The molecular formula is C32H53N6O16P3S5. The van der Waals surface area contributed by atoms with E-state index < -0.39 is 54.2 Å². The molecule has 0 spiro atoms. The summed E-state index contributed by atoms with van der Waals surface area (Å²) in [7, 11) is -10.9. The molecular weight excluding hydrogens is 978 g/mol. The van der Waals surface area contributed by atoms with Gasteiger partial charge in [0.15, 0.2) is 0 Å². The number of nitrogens with zero attached hydrogens (tertiary/aromatic N) is 2. The average Bonchev–Trinajstić information content (AvgIpc) is 3.82. The number of fused-ring (bicyclic) bond motifs is 1. The van der Waals surface area contributed by atoms with Crippen molar-refractivity contribution in [2.45, 2.75) is 112 Å². The number of carbonyl (C=O) groups is 2. The summed E-state index contributed by atoms with van der Waals surface area (Å²) in [6, 6.07) is 0.249. The van der Waals surface area contributed by atoms with Crippen molar-refractivity contribution in [2.75, 3.05) is 43.1 Å². The van der Waals surface area contributed by atoms with Crippen molar-refractivity contribution in [1.82, 2.24) is 25.5 Å². The quantitative estimate of drug-likeness (QED) is 0.0179. The Bertz CT molecular complexity index is 1980. The van der Waals surface area contributed by atoms with E-state index in [1.165, 1.54) is 38.6 Å². The highest BCUT2D eigenvalue weighted by Crippen LogP contribution is 2.66. The fraction of sp³-hybridized carbons (Fsp3) is 0.750.